The molecule has 6 nitrogen and oxygen atoms in total. The van der Waals surface area contributed by atoms with E-state index in [-0.39, 0.29) is 10.8 Å². The van der Waals surface area contributed by atoms with Crippen LogP contribution in [0.4, 0.5) is 17.1 Å². The molecule has 1 N–H and O–H groups in total. The smallest absolute Gasteiger partial charge is 0.264 e. The third-order valence-electron chi connectivity index (χ3n) is 4.52. The van der Waals surface area contributed by atoms with E-state index in [2.05, 4.69) is 5.32 Å². The first-order valence-corrected chi connectivity index (χ1v) is 10.5. The Hall–Kier alpha value is -3.32. The average Bonchev–Trinajstić information content (AvgIpc) is 2.74. The highest BCUT2D eigenvalue weighted by molar-refractivity contribution is 7.92. The Morgan fingerprint density at radius 1 is 0.793 bits per heavy atom. The van der Waals surface area contributed by atoms with Gasteiger partial charge in [0.15, 0.2) is 0 Å². The quantitative estimate of drug-likeness (QED) is 0.672. The van der Waals surface area contributed by atoms with Gasteiger partial charge in [0.05, 0.1) is 10.6 Å². The van der Waals surface area contributed by atoms with E-state index < -0.39 is 10.0 Å². The van der Waals surface area contributed by atoms with Crippen LogP contribution < -0.4 is 14.5 Å². The van der Waals surface area contributed by atoms with E-state index in [0.29, 0.717) is 16.9 Å². The zero-order valence-electron chi connectivity index (χ0n) is 16.5. The maximum absolute atomic E-state index is 13.0. The molecule has 29 heavy (non-hydrogen) atoms. The van der Waals surface area contributed by atoms with E-state index in [1.165, 1.54) is 23.5 Å². The largest absolute Gasteiger partial charge is 0.378 e. The SMILES string of the molecule is CN(C)c1ccc(C(=O)Nc2cccc(S(=O)(=O)N(C)c3ccccc3)c2)cc1. The number of hydrogen-bond acceptors (Lipinski definition) is 4. The number of hydrogen-bond donors (Lipinski definition) is 1. The van der Waals surface area contributed by atoms with Crippen molar-refractivity contribution in [1.82, 2.24) is 0 Å². The van der Waals surface area contributed by atoms with Crippen molar-refractivity contribution in [2.24, 2.45) is 0 Å². The van der Waals surface area contributed by atoms with Gasteiger partial charge in [0.2, 0.25) is 0 Å². The van der Waals surface area contributed by atoms with Crippen molar-refractivity contribution in [1.29, 1.82) is 0 Å². The number of para-hydroxylation sites is 1. The molecule has 0 aliphatic rings. The molecule has 0 aliphatic heterocycles. The number of carbonyl (C=O) groups is 1. The van der Waals surface area contributed by atoms with Crippen molar-refractivity contribution in [3.05, 3.63) is 84.4 Å². The Bertz CT molecular complexity index is 1100. The molecule has 0 atom stereocenters. The Balaban J connectivity index is 1.81. The van der Waals surface area contributed by atoms with E-state index >= 15 is 0 Å². The summed E-state index contributed by atoms with van der Waals surface area (Å²) in [5, 5.41) is 2.76. The van der Waals surface area contributed by atoms with Gasteiger partial charge in [-0.2, -0.15) is 0 Å². The summed E-state index contributed by atoms with van der Waals surface area (Å²) in [6, 6.07) is 22.2. The molecule has 150 valence electrons. The Kier molecular flexibility index (Phi) is 5.89. The van der Waals surface area contributed by atoms with Crippen LogP contribution in [0.5, 0.6) is 0 Å². The molecule has 0 fully saturated rings. The number of anilines is 3. The molecule has 1 amide bonds. The van der Waals surface area contributed by atoms with Crippen LogP contribution in [0, 0.1) is 0 Å². The summed E-state index contributed by atoms with van der Waals surface area (Å²) in [6.45, 7) is 0. The van der Waals surface area contributed by atoms with Gasteiger partial charge in [0.25, 0.3) is 15.9 Å². The molecule has 0 radical (unpaired) electrons. The summed E-state index contributed by atoms with van der Waals surface area (Å²) < 4.78 is 27.1. The molecular formula is C22H23N3O3S. The highest BCUT2D eigenvalue weighted by Crippen LogP contribution is 2.24. The van der Waals surface area contributed by atoms with Crippen LogP contribution in [0.3, 0.4) is 0 Å². The van der Waals surface area contributed by atoms with Crippen LogP contribution in [0.1, 0.15) is 10.4 Å². The lowest BCUT2D eigenvalue weighted by Crippen LogP contribution is -2.26. The first-order valence-electron chi connectivity index (χ1n) is 9.02. The van der Waals surface area contributed by atoms with Crippen molar-refractivity contribution in [2.45, 2.75) is 4.90 Å². The van der Waals surface area contributed by atoms with Crippen molar-refractivity contribution < 1.29 is 13.2 Å². The minimum Gasteiger partial charge on any atom is -0.378 e. The van der Waals surface area contributed by atoms with E-state index in [0.717, 1.165) is 5.69 Å². The summed E-state index contributed by atoms with van der Waals surface area (Å²) >= 11 is 0. The van der Waals surface area contributed by atoms with E-state index in [4.69, 9.17) is 0 Å². The molecule has 3 aromatic carbocycles. The molecule has 7 heteroatoms. The lowest BCUT2D eigenvalue weighted by Gasteiger charge is -2.20. The van der Waals surface area contributed by atoms with Crippen molar-refractivity contribution in [2.75, 3.05) is 35.7 Å². The van der Waals surface area contributed by atoms with Gasteiger partial charge in [-0.25, -0.2) is 8.42 Å². The molecular weight excluding hydrogens is 386 g/mol. The van der Waals surface area contributed by atoms with Gasteiger partial charge in [-0.1, -0.05) is 24.3 Å². The van der Waals surface area contributed by atoms with Crippen molar-refractivity contribution in [3.8, 4) is 0 Å². The standard InChI is InChI=1S/C22H23N3O3S/c1-24(2)19-14-12-17(13-15-19)22(26)23-18-8-7-11-21(16-18)29(27,28)25(3)20-9-5-4-6-10-20/h4-16H,1-3H3,(H,23,26). The molecule has 0 unspecified atom stereocenters. The maximum atomic E-state index is 13.0. The van der Waals surface area contributed by atoms with Crippen LogP contribution in [0.25, 0.3) is 0 Å². The molecule has 0 saturated heterocycles. The fourth-order valence-electron chi connectivity index (χ4n) is 2.78. The number of carbonyl (C=O) groups excluding carboxylic acids is 1. The highest BCUT2D eigenvalue weighted by Gasteiger charge is 2.21. The third kappa shape index (κ3) is 4.57. The van der Waals surface area contributed by atoms with E-state index in [1.54, 1.807) is 48.5 Å². The number of nitrogens with zero attached hydrogens (tertiary/aromatic N) is 2. The summed E-state index contributed by atoms with van der Waals surface area (Å²) in [4.78, 5) is 14.6. The molecule has 0 spiro atoms. The fraction of sp³-hybridized carbons (Fsp3) is 0.136. The molecule has 0 aliphatic carbocycles. The van der Waals surface area contributed by atoms with E-state index in [1.807, 2.05) is 37.2 Å². The summed E-state index contributed by atoms with van der Waals surface area (Å²) in [5.41, 5.74) is 2.45. The van der Waals surface area contributed by atoms with Gasteiger partial charge in [-0.05, 0) is 54.6 Å². The van der Waals surface area contributed by atoms with Crippen LogP contribution >= 0.6 is 0 Å². The zero-order chi connectivity index (χ0) is 21.0. The first-order chi connectivity index (χ1) is 13.8. The maximum Gasteiger partial charge on any atom is 0.264 e. The van der Waals surface area contributed by atoms with Crippen molar-refractivity contribution >= 4 is 33.0 Å². The Labute approximate surface area is 171 Å². The number of sulfonamides is 1. The monoisotopic (exact) mass is 409 g/mol. The van der Waals surface area contributed by atoms with Gasteiger partial charge in [-0.3, -0.25) is 9.10 Å². The minimum absolute atomic E-state index is 0.101. The minimum atomic E-state index is -3.75. The van der Waals surface area contributed by atoms with Gasteiger partial charge < -0.3 is 10.2 Å². The summed E-state index contributed by atoms with van der Waals surface area (Å²) in [5.74, 6) is -0.304. The van der Waals surface area contributed by atoms with Gasteiger partial charge >= 0.3 is 0 Å². The van der Waals surface area contributed by atoms with Crippen LogP contribution in [0.15, 0.2) is 83.8 Å². The number of rotatable bonds is 6. The third-order valence-corrected chi connectivity index (χ3v) is 6.30. The van der Waals surface area contributed by atoms with Crippen LogP contribution in [-0.2, 0) is 10.0 Å². The average molecular weight is 410 g/mol. The zero-order valence-corrected chi connectivity index (χ0v) is 17.3. The lowest BCUT2D eigenvalue weighted by atomic mass is 10.2. The Morgan fingerprint density at radius 3 is 2.07 bits per heavy atom. The number of amides is 1. The second kappa shape index (κ2) is 8.36. The summed E-state index contributed by atoms with van der Waals surface area (Å²) in [6.07, 6.45) is 0. The lowest BCUT2D eigenvalue weighted by molar-refractivity contribution is 0.102. The summed E-state index contributed by atoms with van der Waals surface area (Å²) in [7, 11) is 1.60. The highest BCUT2D eigenvalue weighted by atomic mass is 32.2. The van der Waals surface area contributed by atoms with Crippen LogP contribution in [0.2, 0.25) is 0 Å². The molecule has 0 saturated carbocycles. The molecule has 0 heterocycles. The predicted octanol–water partition coefficient (Wildman–Crippen LogP) is 3.83. The van der Waals surface area contributed by atoms with Crippen LogP contribution in [-0.4, -0.2) is 35.5 Å². The second-order valence-electron chi connectivity index (χ2n) is 6.73. The normalized spacial score (nSPS) is 11.0. The van der Waals surface area contributed by atoms with Crippen molar-refractivity contribution in [3.63, 3.8) is 0 Å². The predicted molar refractivity (Wildman–Crippen MR) is 117 cm³/mol. The second-order valence-corrected chi connectivity index (χ2v) is 8.70. The van der Waals surface area contributed by atoms with Gasteiger partial charge in [0.1, 0.15) is 0 Å². The molecule has 3 aromatic rings. The first kappa shape index (κ1) is 20.4. The molecule has 0 bridgehead atoms. The van der Waals surface area contributed by atoms with E-state index in [9.17, 15) is 13.2 Å². The molecule has 3 rings (SSSR count). The fourth-order valence-corrected chi connectivity index (χ4v) is 4.03. The van der Waals surface area contributed by atoms with Gasteiger partial charge in [-0.15, -0.1) is 0 Å². The number of benzene rings is 3. The number of nitrogens with one attached hydrogen (secondary N) is 1. The topological polar surface area (TPSA) is 69.7 Å². The van der Waals surface area contributed by atoms with Gasteiger partial charge in [0, 0.05) is 38.1 Å². The Morgan fingerprint density at radius 2 is 1.45 bits per heavy atom. The molecule has 0 aromatic heterocycles.